The van der Waals surface area contributed by atoms with Crippen LogP contribution in [-0.4, -0.2) is 14.7 Å². The van der Waals surface area contributed by atoms with Gasteiger partial charge in [-0.3, -0.25) is 4.79 Å². The summed E-state index contributed by atoms with van der Waals surface area (Å²) < 4.78 is 7.23. The van der Waals surface area contributed by atoms with E-state index in [1.807, 2.05) is 36.7 Å². The molecule has 0 spiro atoms. The fourth-order valence-electron chi connectivity index (χ4n) is 2.81. The van der Waals surface area contributed by atoms with Crippen LogP contribution >= 0.6 is 11.6 Å². The quantitative estimate of drug-likeness (QED) is 0.542. The summed E-state index contributed by atoms with van der Waals surface area (Å²) in [6.45, 7) is 1.96. The third kappa shape index (κ3) is 2.72. The van der Waals surface area contributed by atoms with Crippen molar-refractivity contribution < 1.29 is 4.52 Å². The van der Waals surface area contributed by atoms with Crippen LogP contribution in [0.1, 0.15) is 5.56 Å². The van der Waals surface area contributed by atoms with Gasteiger partial charge in [0.2, 0.25) is 11.3 Å². The van der Waals surface area contributed by atoms with Gasteiger partial charge in [0.15, 0.2) is 0 Å². The maximum atomic E-state index is 12.9. The van der Waals surface area contributed by atoms with Gasteiger partial charge in [-0.2, -0.15) is 4.98 Å². The van der Waals surface area contributed by atoms with Crippen LogP contribution in [0.5, 0.6) is 0 Å². The Labute approximate surface area is 148 Å². The van der Waals surface area contributed by atoms with Crippen LogP contribution in [0.15, 0.2) is 58.0 Å². The second-order valence-corrected chi connectivity index (χ2v) is 6.37. The van der Waals surface area contributed by atoms with Crippen LogP contribution in [-0.2, 0) is 7.05 Å². The number of hydrogen-bond acceptors (Lipinski definition) is 4. The zero-order valence-electron chi connectivity index (χ0n) is 13.7. The normalized spacial score (nSPS) is 11.2. The zero-order valence-corrected chi connectivity index (χ0v) is 14.4. The Bertz CT molecular complexity index is 1140. The first kappa shape index (κ1) is 15.6. The Morgan fingerprint density at radius 2 is 1.88 bits per heavy atom. The molecule has 0 radical (unpaired) electrons. The zero-order chi connectivity index (χ0) is 17.6. The number of aryl methyl sites for hydroxylation is 2. The molecular weight excluding hydrogens is 338 g/mol. The van der Waals surface area contributed by atoms with Gasteiger partial charge in [0.05, 0.1) is 5.52 Å². The SMILES string of the molecule is Cc1ccc2c(c1)c(=O)c(-c1nc(-c3ccc(Cl)cc3)no1)cn2C. The second kappa shape index (κ2) is 5.86. The Kier molecular flexibility index (Phi) is 3.66. The molecule has 0 atom stereocenters. The van der Waals surface area contributed by atoms with E-state index in [1.165, 1.54) is 0 Å². The predicted molar refractivity (Wildman–Crippen MR) is 97.7 cm³/mol. The van der Waals surface area contributed by atoms with E-state index < -0.39 is 0 Å². The van der Waals surface area contributed by atoms with Crippen molar-refractivity contribution in [3.63, 3.8) is 0 Å². The fourth-order valence-corrected chi connectivity index (χ4v) is 2.93. The Morgan fingerprint density at radius 1 is 1.12 bits per heavy atom. The van der Waals surface area contributed by atoms with E-state index in [9.17, 15) is 4.79 Å². The highest BCUT2D eigenvalue weighted by Gasteiger charge is 2.16. The summed E-state index contributed by atoms with van der Waals surface area (Å²) in [5.41, 5.74) is 2.91. The van der Waals surface area contributed by atoms with Gasteiger partial charge in [0, 0.05) is 29.2 Å². The van der Waals surface area contributed by atoms with Gasteiger partial charge in [0.1, 0.15) is 5.56 Å². The summed E-state index contributed by atoms with van der Waals surface area (Å²) in [6.07, 6.45) is 1.72. The molecular formula is C19H14ClN3O2. The first-order valence-corrected chi connectivity index (χ1v) is 8.11. The highest BCUT2D eigenvalue weighted by molar-refractivity contribution is 6.30. The standard InChI is InChI=1S/C19H14ClN3O2/c1-11-3-8-16-14(9-11)17(24)15(10-23(16)2)19-21-18(22-25-19)12-4-6-13(20)7-5-12/h3-10H,1-2H3. The van der Waals surface area contributed by atoms with E-state index >= 15 is 0 Å². The fraction of sp³-hybridized carbons (Fsp3) is 0.105. The number of hydrogen-bond donors (Lipinski definition) is 0. The number of benzene rings is 2. The molecule has 0 aliphatic carbocycles. The van der Waals surface area contributed by atoms with Gasteiger partial charge in [-0.15, -0.1) is 0 Å². The lowest BCUT2D eigenvalue weighted by Gasteiger charge is -2.07. The average molecular weight is 352 g/mol. The third-order valence-electron chi connectivity index (χ3n) is 4.10. The summed E-state index contributed by atoms with van der Waals surface area (Å²) >= 11 is 5.90. The number of nitrogens with zero attached hydrogens (tertiary/aromatic N) is 3. The summed E-state index contributed by atoms with van der Waals surface area (Å²) in [5, 5.41) is 5.25. The van der Waals surface area contributed by atoms with Crippen molar-refractivity contribution in [3.05, 3.63) is 69.5 Å². The monoisotopic (exact) mass is 351 g/mol. The Hall–Kier alpha value is -2.92. The number of fused-ring (bicyclic) bond motifs is 1. The summed E-state index contributed by atoms with van der Waals surface area (Å²) in [4.78, 5) is 17.2. The molecule has 0 aliphatic rings. The average Bonchev–Trinajstić information content (AvgIpc) is 3.08. The van der Waals surface area contributed by atoms with Crippen molar-refractivity contribution >= 4 is 22.5 Å². The van der Waals surface area contributed by atoms with Crippen LogP contribution in [0.4, 0.5) is 0 Å². The van der Waals surface area contributed by atoms with Crippen LogP contribution < -0.4 is 5.43 Å². The van der Waals surface area contributed by atoms with E-state index in [0.29, 0.717) is 21.8 Å². The summed E-state index contributed by atoms with van der Waals surface area (Å²) in [7, 11) is 1.89. The van der Waals surface area contributed by atoms with Crippen LogP contribution in [0.25, 0.3) is 33.7 Å². The lowest BCUT2D eigenvalue weighted by molar-refractivity contribution is 0.432. The molecule has 2 heterocycles. The van der Waals surface area contributed by atoms with Crippen molar-refractivity contribution in [2.24, 2.45) is 7.05 Å². The Morgan fingerprint density at radius 3 is 2.64 bits per heavy atom. The topological polar surface area (TPSA) is 60.9 Å². The molecule has 4 rings (SSSR count). The first-order chi connectivity index (χ1) is 12.0. The van der Waals surface area contributed by atoms with Crippen LogP contribution in [0.2, 0.25) is 5.02 Å². The molecule has 0 fully saturated rings. The molecule has 124 valence electrons. The number of aromatic nitrogens is 3. The van der Waals surface area contributed by atoms with Gasteiger partial charge in [-0.05, 0) is 43.3 Å². The molecule has 0 saturated carbocycles. The largest absolute Gasteiger partial charge is 0.350 e. The van der Waals surface area contributed by atoms with Gasteiger partial charge < -0.3 is 9.09 Å². The minimum absolute atomic E-state index is 0.122. The summed E-state index contributed by atoms with van der Waals surface area (Å²) in [5.74, 6) is 0.618. The summed E-state index contributed by atoms with van der Waals surface area (Å²) in [6, 6.07) is 12.9. The van der Waals surface area contributed by atoms with E-state index in [1.54, 1.807) is 30.5 Å². The minimum atomic E-state index is -0.122. The number of rotatable bonds is 2. The molecule has 4 aromatic rings. The van der Waals surface area contributed by atoms with Crippen molar-refractivity contribution in [2.45, 2.75) is 6.92 Å². The van der Waals surface area contributed by atoms with Gasteiger partial charge in [-0.1, -0.05) is 28.4 Å². The molecule has 0 amide bonds. The van der Waals surface area contributed by atoms with E-state index in [2.05, 4.69) is 10.1 Å². The molecule has 0 saturated heterocycles. The first-order valence-electron chi connectivity index (χ1n) is 7.73. The third-order valence-corrected chi connectivity index (χ3v) is 4.35. The molecule has 0 aliphatic heterocycles. The molecule has 5 nitrogen and oxygen atoms in total. The van der Waals surface area contributed by atoms with Gasteiger partial charge in [-0.25, -0.2) is 0 Å². The van der Waals surface area contributed by atoms with Crippen LogP contribution in [0, 0.1) is 6.92 Å². The van der Waals surface area contributed by atoms with Crippen molar-refractivity contribution in [2.75, 3.05) is 0 Å². The predicted octanol–water partition coefficient (Wildman–Crippen LogP) is 4.22. The van der Waals surface area contributed by atoms with Crippen LogP contribution in [0.3, 0.4) is 0 Å². The van der Waals surface area contributed by atoms with E-state index in [4.69, 9.17) is 16.1 Å². The molecule has 0 bridgehead atoms. The van der Waals surface area contributed by atoms with Crippen molar-refractivity contribution in [1.82, 2.24) is 14.7 Å². The molecule has 25 heavy (non-hydrogen) atoms. The molecule has 6 heteroatoms. The smallest absolute Gasteiger partial charge is 0.263 e. The van der Waals surface area contributed by atoms with Crippen molar-refractivity contribution in [1.29, 1.82) is 0 Å². The van der Waals surface area contributed by atoms with Crippen molar-refractivity contribution in [3.8, 4) is 22.8 Å². The Balaban J connectivity index is 1.87. The van der Waals surface area contributed by atoms with E-state index in [0.717, 1.165) is 16.6 Å². The number of pyridine rings is 1. The maximum absolute atomic E-state index is 12.9. The molecule has 2 aromatic heterocycles. The number of halogens is 1. The van der Waals surface area contributed by atoms with E-state index in [-0.39, 0.29) is 11.3 Å². The highest BCUT2D eigenvalue weighted by Crippen LogP contribution is 2.23. The second-order valence-electron chi connectivity index (χ2n) is 5.93. The minimum Gasteiger partial charge on any atom is -0.350 e. The lowest BCUT2D eigenvalue weighted by atomic mass is 10.1. The molecule has 0 unspecified atom stereocenters. The molecule has 2 aromatic carbocycles. The maximum Gasteiger partial charge on any atom is 0.263 e. The highest BCUT2D eigenvalue weighted by atomic mass is 35.5. The van der Waals surface area contributed by atoms with Gasteiger partial charge >= 0.3 is 0 Å². The molecule has 0 N–H and O–H groups in total. The van der Waals surface area contributed by atoms with Gasteiger partial charge in [0.25, 0.3) is 5.89 Å². The lowest BCUT2D eigenvalue weighted by Crippen LogP contribution is -2.10.